The number of hydrazine groups is 1. The number of fused-ring (bicyclic) bond motifs is 1. The fourth-order valence-electron chi connectivity index (χ4n) is 3.92. The zero-order chi connectivity index (χ0) is 19.6. The van der Waals surface area contributed by atoms with E-state index in [4.69, 9.17) is 0 Å². The zero-order valence-corrected chi connectivity index (χ0v) is 16.0. The van der Waals surface area contributed by atoms with E-state index in [1.54, 1.807) is 12.1 Å². The molecule has 2 aromatic heterocycles. The normalized spacial score (nSPS) is 17.3. The molecule has 0 spiro atoms. The monoisotopic (exact) mass is 386 g/mol. The largest absolute Gasteiger partial charge is 0.305 e. The SMILES string of the molecule is O=C(Nc1cccc(C2=NCN(C3CCCC3)N2)n1)c1ccc2ccccc2n1. The molecule has 29 heavy (non-hydrogen) atoms. The van der Waals surface area contributed by atoms with Gasteiger partial charge in [0.15, 0.2) is 5.84 Å². The van der Waals surface area contributed by atoms with Crippen LogP contribution in [-0.2, 0) is 0 Å². The summed E-state index contributed by atoms with van der Waals surface area (Å²) in [6.07, 6.45) is 4.97. The van der Waals surface area contributed by atoms with Crippen molar-refractivity contribution in [2.75, 3.05) is 12.0 Å². The topological polar surface area (TPSA) is 82.5 Å². The van der Waals surface area contributed by atoms with Crippen LogP contribution >= 0.6 is 0 Å². The van der Waals surface area contributed by atoms with E-state index in [1.807, 2.05) is 42.5 Å². The third kappa shape index (κ3) is 3.69. The molecule has 0 atom stereocenters. The average molecular weight is 386 g/mol. The second kappa shape index (κ2) is 7.60. The van der Waals surface area contributed by atoms with E-state index >= 15 is 0 Å². The van der Waals surface area contributed by atoms with Gasteiger partial charge in [0.25, 0.3) is 5.91 Å². The minimum absolute atomic E-state index is 0.283. The molecule has 0 bridgehead atoms. The first-order valence-electron chi connectivity index (χ1n) is 9.98. The van der Waals surface area contributed by atoms with Gasteiger partial charge >= 0.3 is 0 Å². The number of amidine groups is 1. The number of nitrogens with zero attached hydrogens (tertiary/aromatic N) is 4. The summed E-state index contributed by atoms with van der Waals surface area (Å²) in [4.78, 5) is 26.2. The fourth-order valence-corrected chi connectivity index (χ4v) is 3.92. The van der Waals surface area contributed by atoms with Crippen LogP contribution in [0, 0.1) is 0 Å². The third-order valence-corrected chi connectivity index (χ3v) is 5.46. The van der Waals surface area contributed by atoms with Gasteiger partial charge in [-0.1, -0.05) is 43.2 Å². The summed E-state index contributed by atoms with van der Waals surface area (Å²) < 4.78 is 0. The van der Waals surface area contributed by atoms with Crippen molar-refractivity contribution < 1.29 is 4.79 Å². The van der Waals surface area contributed by atoms with E-state index in [9.17, 15) is 4.79 Å². The van der Waals surface area contributed by atoms with Crippen LogP contribution in [0.4, 0.5) is 5.82 Å². The highest BCUT2D eigenvalue weighted by molar-refractivity contribution is 6.04. The first-order valence-corrected chi connectivity index (χ1v) is 9.98. The van der Waals surface area contributed by atoms with Crippen molar-refractivity contribution in [2.24, 2.45) is 4.99 Å². The highest BCUT2D eigenvalue weighted by atomic mass is 16.1. The number of hydrogen-bond donors (Lipinski definition) is 2. The Morgan fingerprint density at radius 2 is 1.86 bits per heavy atom. The van der Waals surface area contributed by atoms with Gasteiger partial charge in [-0.2, -0.15) is 5.01 Å². The number of carbonyl (C=O) groups is 1. The van der Waals surface area contributed by atoms with Crippen molar-refractivity contribution in [3.8, 4) is 0 Å². The van der Waals surface area contributed by atoms with Gasteiger partial charge in [0.1, 0.15) is 23.9 Å². The van der Waals surface area contributed by atoms with E-state index in [-0.39, 0.29) is 5.91 Å². The molecular formula is C22H22N6O. The molecule has 7 heteroatoms. The molecule has 1 aliphatic heterocycles. The molecule has 1 fully saturated rings. The van der Waals surface area contributed by atoms with Crippen LogP contribution in [0.3, 0.4) is 0 Å². The van der Waals surface area contributed by atoms with Crippen molar-refractivity contribution in [3.63, 3.8) is 0 Å². The second-order valence-electron chi connectivity index (χ2n) is 7.42. The number of nitrogens with one attached hydrogen (secondary N) is 2. The molecule has 0 radical (unpaired) electrons. The second-order valence-corrected chi connectivity index (χ2v) is 7.42. The Kier molecular flexibility index (Phi) is 4.65. The van der Waals surface area contributed by atoms with Crippen LogP contribution in [0.1, 0.15) is 41.9 Å². The lowest BCUT2D eigenvalue weighted by Gasteiger charge is -2.22. The molecule has 0 unspecified atom stereocenters. The van der Waals surface area contributed by atoms with Gasteiger partial charge in [-0.15, -0.1) is 0 Å². The Labute approximate surface area is 168 Å². The van der Waals surface area contributed by atoms with Gasteiger partial charge in [-0.3, -0.25) is 10.2 Å². The Bertz CT molecular complexity index is 1090. The number of carbonyl (C=O) groups excluding carboxylic acids is 1. The molecular weight excluding hydrogens is 364 g/mol. The summed E-state index contributed by atoms with van der Waals surface area (Å²) >= 11 is 0. The molecule has 0 saturated heterocycles. The highest BCUT2D eigenvalue weighted by Gasteiger charge is 2.27. The number of anilines is 1. The standard InChI is InChI=1S/C22H22N6O/c29-22(19-13-12-15-6-1-4-9-17(15)24-19)26-20-11-5-10-18(25-20)21-23-14-28(27-21)16-7-2-3-8-16/h1,4-6,9-13,16H,2-3,7-8,14H2,(H,23,27)(H,25,26,29). The predicted octanol–water partition coefficient (Wildman–Crippen LogP) is 3.35. The molecule has 2 N–H and O–H groups in total. The number of rotatable bonds is 4. The van der Waals surface area contributed by atoms with Crippen molar-refractivity contribution in [3.05, 3.63) is 66.0 Å². The molecule has 5 rings (SSSR count). The molecule has 1 aliphatic carbocycles. The van der Waals surface area contributed by atoms with E-state index in [2.05, 4.69) is 30.7 Å². The van der Waals surface area contributed by atoms with E-state index in [0.29, 0.717) is 24.2 Å². The van der Waals surface area contributed by atoms with Gasteiger partial charge in [0.05, 0.1) is 5.52 Å². The number of amides is 1. The number of para-hydroxylation sites is 1. The zero-order valence-electron chi connectivity index (χ0n) is 16.0. The van der Waals surface area contributed by atoms with Crippen LogP contribution in [-0.4, -0.2) is 39.4 Å². The number of pyridine rings is 2. The lowest BCUT2D eigenvalue weighted by molar-refractivity contribution is 0.102. The Morgan fingerprint density at radius 3 is 2.76 bits per heavy atom. The summed E-state index contributed by atoms with van der Waals surface area (Å²) in [7, 11) is 0. The lowest BCUT2D eigenvalue weighted by Crippen LogP contribution is -2.42. The first-order chi connectivity index (χ1) is 14.3. The summed E-state index contributed by atoms with van der Waals surface area (Å²) in [5, 5.41) is 6.03. The minimum atomic E-state index is -0.283. The Hall–Kier alpha value is -3.32. The minimum Gasteiger partial charge on any atom is -0.305 e. The lowest BCUT2D eigenvalue weighted by atomic mass is 10.2. The van der Waals surface area contributed by atoms with Gasteiger partial charge < -0.3 is 5.32 Å². The maximum absolute atomic E-state index is 12.6. The van der Waals surface area contributed by atoms with E-state index in [1.165, 1.54) is 25.7 Å². The third-order valence-electron chi connectivity index (χ3n) is 5.46. The molecule has 7 nitrogen and oxygen atoms in total. The van der Waals surface area contributed by atoms with Crippen LogP contribution in [0.15, 0.2) is 59.6 Å². The molecule has 3 heterocycles. The Balaban J connectivity index is 1.30. The molecule has 1 amide bonds. The van der Waals surface area contributed by atoms with Crippen LogP contribution < -0.4 is 10.7 Å². The van der Waals surface area contributed by atoms with Gasteiger partial charge in [-0.25, -0.2) is 15.0 Å². The summed E-state index contributed by atoms with van der Waals surface area (Å²) in [6, 6.07) is 17.4. The fraction of sp³-hybridized carbons (Fsp3) is 0.273. The average Bonchev–Trinajstić information content (AvgIpc) is 3.45. The molecule has 1 saturated carbocycles. The molecule has 3 aromatic rings. The predicted molar refractivity (Wildman–Crippen MR) is 113 cm³/mol. The first kappa shape index (κ1) is 17.8. The maximum Gasteiger partial charge on any atom is 0.275 e. The van der Waals surface area contributed by atoms with Crippen molar-refractivity contribution in [1.29, 1.82) is 0 Å². The Morgan fingerprint density at radius 1 is 1.00 bits per heavy atom. The summed E-state index contributed by atoms with van der Waals surface area (Å²) in [6.45, 7) is 0.638. The van der Waals surface area contributed by atoms with Crippen molar-refractivity contribution >= 4 is 28.5 Å². The van der Waals surface area contributed by atoms with Gasteiger partial charge in [0, 0.05) is 11.4 Å². The summed E-state index contributed by atoms with van der Waals surface area (Å²) in [5.74, 6) is 0.942. The smallest absolute Gasteiger partial charge is 0.275 e. The van der Waals surface area contributed by atoms with Crippen LogP contribution in [0.5, 0.6) is 0 Å². The van der Waals surface area contributed by atoms with Crippen LogP contribution in [0.2, 0.25) is 0 Å². The number of benzene rings is 1. The van der Waals surface area contributed by atoms with Crippen molar-refractivity contribution in [1.82, 2.24) is 20.4 Å². The van der Waals surface area contributed by atoms with E-state index < -0.39 is 0 Å². The molecule has 146 valence electrons. The van der Waals surface area contributed by atoms with E-state index in [0.717, 1.165) is 22.4 Å². The van der Waals surface area contributed by atoms with Crippen LogP contribution in [0.25, 0.3) is 10.9 Å². The molecule has 2 aliphatic rings. The number of aromatic nitrogens is 2. The van der Waals surface area contributed by atoms with Gasteiger partial charge in [-0.05, 0) is 37.1 Å². The summed E-state index contributed by atoms with van der Waals surface area (Å²) in [5.41, 5.74) is 5.25. The number of aliphatic imine (C=N–C) groups is 1. The molecule has 1 aromatic carbocycles. The quantitative estimate of drug-likeness (QED) is 0.719. The maximum atomic E-state index is 12.6. The van der Waals surface area contributed by atoms with Gasteiger partial charge in [0.2, 0.25) is 0 Å². The van der Waals surface area contributed by atoms with Crippen molar-refractivity contribution in [2.45, 2.75) is 31.7 Å². The highest BCUT2D eigenvalue weighted by Crippen LogP contribution is 2.24. The number of hydrogen-bond acceptors (Lipinski definition) is 6.